The summed E-state index contributed by atoms with van der Waals surface area (Å²) >= 11 is 0. The molecule has 0 saturated heterocycles. The summed E-state index contributed by atoms with van der Waals surface area (Å²) in [6.45, 7) is 4.13. The van der Waals surface area contributed by atoms with E-state index in [1.54, 1.807) is 24.1 Å². The second-order valence-electron chi connectivity index (χ2n) is 3.39. The Morgan fingerprint density at radius 3 is 2.64 bits per heavy atom. The fraction of sp³-hybridized carbons (Fsp3) is 0.600. The summed E-state index contributed by atoms with van der Waals surface area (Å²) in [6, 6.07) is 0.266. The molecule has 1 aromatic rings. The van der Waals surface area contributed by atoms with E-state index in [2.05, 4.69) is 24.3 Å². The monoisotopic (exact) mass is 195 g/mol. The van der Waals surface area contributed by atoms with Crippen LogP contribution in [0.2, 0.25) is 0 Å². The van der Waals surface area contributed by atoms with E-state index in [-0.39, 0.29) is 11.9 Å². The van der Waals surface area contributed by atoms with Gasteiger partial charge in [-0.3, -0.25) is 9.48 Å². The van der Waals surface area contributed by atoms with E-state index in [1.165, 1.54) is 0 Å². The van der Waals surface area contributed by atoms with E-state index in [4.69, 9.17) is 0 Å². The number of aryl methyl sites for hydroxylation is 1. The van der Waals surface area contributed by atoms with Gasteiger partial charge in [-0.1, -0.05) is 13.8 Å². The van der Waals surface area contributed by atoms with E-state index in [9.17, 15) is 4.79 Å². The number of hydrogen-bond donors (Lipinski definition) is 1. The van der Waals surface area contributed by atoms with Crippen LogP contribution >= 0.6 is 0 Å². The first-order valence-electron chi connectivity index (χ1n) is 4.96. The second kappa shape index (κ2) is 4.79. The van der Waals surface area contributed by atoms with Crippen LogP contribution in [0, 0.1) is 0 Å². The second-order valence-corrected chi connectivity index (χ2v) is 3.39. The summed E-state index contributed by atoms with van der Waals surface area (Å²) in [5.41, 5.74) is 0.624. The van der Waals surface area contributed by atoms with Crippen molar-refractivity contribution in [2.45, 2.75) is 32.7 Å². The van der Waals surface area contributed by atoms with Crippen molar-refractivity contribution in [3.63, 3.8) is 0 Å². The normalized spacial score (nSPS) is 10.6. The van der Waals surface area contributed by atoms with Crippen LogP contribution in [0.3, 0.4) is 0 Å². The highest BCUT2D eigenvalue weighted by Gasteiger charge is 2.11. The molecular weight excluding hydrogens is 178 g/mol. The highest BCUT2D eigenvalue weighted by Crippen LogP contribution is 2.00. The van der Waals surface area contributed by atoms with Crippen LogP contribution in [-0.4, -0.2) is 21.7 Å². The first-order valence-corrected chi connectivity index (χ1v) is 4.96. The minimum Gasteiger partial charge on any atom is -0.349 e. The van der Waals surface area contributed by atoms with Gasteiger partial charge in [0, 0.05) is 19.3 Å². The maximum Gasteiger partial charge on any atom is 0.254 e. The topological polar surface area (TPSA) is 46.9 Å². The van der Waals surface area contributed by atoms with Gasteiger partial charge in [-0.15, -0.1) is 0 Å². The number of aromatic nitrogens is 2. The van der Waals surface area contributed by atoms with Gasteiger partial charge in [0.25, 0.3) is 5.91 Å². The van der Waals surface area contributed by atoms with Crippen LogP contribution < -0.4 is 5.32 Å². The Kier molecular flexibility index (Phi) is 3.68. The van der Waals surface area contributed by atoms with Gasteiger partial charge < -0.3 is 5.32 Å². The van der Waals surface area contributed by atoms with Crippen molar-refractivity contribution < 1.29 is 4.79 Å². The third kappa shape index (κ3) is 2.58. The molecule has 1 amide bonds. The SMILES string of the molecule is CCC(CC)NC(=O)c1cnn(C)c1. The van der Waals surface area contributed by atoms with E-state index < -0.39 is 0 Å². The van der Waals surface area contributed by atoms with E-state index >= 15 is 0 Å². The molecule has 0 atom stereocenters. The molecule has 0 aliphatic heterocycles. The first kappa shape index (κ1) is 10.8. The van der Waals surface area contributed by atoms with Crippen molar-refractivity contribution in [1.29, 1.82) is 0 Å². The molecule has 0 spiro atoms. The summed E-state index contributed by atoms with van der Waals surface area (Å²) in [7, 11) is 1.80. The minimum atomic E-state index is -0.0354. The maximum absolute atomic E-state index is 11.6. The number of amides is 1. The first-order chi connectivity index (χ1) is 6.67. The van der Waals surface area contributed by atoms with Crippen molar-refractivity contribution in [1.82, 2.24) is 15.1 Å². The van der Waals surface area contributed by atoms with Crippen molar-refractivity contribution in [3.05, 3.63) is 18.0 Å². The van der Waals surface area contributed by atoms with Crippen LogP contribution in [0.5, 0.6) is 0 Å². The van der Waals surface area contributed by atoms with Gasteiger partial charge >= 0.3 is 0 Å². The number of nitrogens with zero attached hydrogens (tertiary/aromatic N) is 2. The molecule has 0 aliphatic carbocycles. The van der Waals surface area contributed by atoms with Crippen LogP contribution in [-0.2, 0) is 7.05 Å². The summed E-state index contributed by atoms with van der Waals surface area (Å²) in [5.74, 6) is -0.0354. The number of hydrogen-bond acceptors (Lipinski definition) is 2. The molecular formula is C10H17N3O. The van der Waals surface area contributed by atoms with Crippen LogP contribution in [0.1, 0.15) is 37.0 Å². The fourth-order valence-corrected chi connectivity index (χ4v) is 1.30. The highest BCUT2D eigenvalue weighted by atomic mass is 16.1. The molecule has 4 nitrogen and oxygen atoms in total. The van der Waals surface area contributed by atoms with Crippen LogP contribution in [0.4, 0.5) is 0 Å². The summed E-state index contributed by atoms with van der Waals surface area (Å²) in [4.78, 5) is 11.6. The van der Waals surface area contributed by atoms with Gasteiger partial charge in [0.15, 0.2) is 0 Å². The van der Waals surface area contributed by atoms with Gasteiger partial charge in [0.1, 0.15) is 0 Å². The molecule has 0 unspecified atom stereocenters. The molecule has 0 aromatic carbocycles. The lowest BCUT2D eigenvalue weighted by Gasteiger charge is -2.13. The predicted octanol–water partition coefficient (Wildman–Crippen LogP) is 1.34. The van der Waals surface area contributed by atoms with Gasteiger partial charge in [0.05, 0.1) is 11.8 Å². The van der Waals surface area contributed by atoms with E-state index in [0.717, 1.165) is 12.8 Å². The molecule has 1 rings (SSSR count). The van der Waals surface area contributed by atoms with Crippen molar-refractivity contribution in [2.24, 2.45) is 7.05 Å². The third-order valence-corrected chi connectivity index (χ3v) is 2.29. The average molecular weight is 195 g/mol. The quantitative estimate of drug-likeness (QED) is 0.788. The Morgan fingerprint density at radius 2 is 2.21 bits per heavy atom. The van der Waals surface area contributed by atoms with Gasteiger partial charge in [-0.05, 0) is 12.8 Å². The zero-order valence-corrected chi connectivity index (χ0v) is 8.95. The lowest BCUT2D eigenvalue weighted by atomic mass is 10.1. The third-order valence-electron chi connectivity index (χ3n) is 2.29. The van der Waals surface area contributed by atoms with Gasteiger partial charge in [-0.25, -0.2) is 0 Å². The zero-order chi connectivity index (χ0) is 10.6. The highest BCUT2D eigenvalue weighted by molar-refractivity contribution is 5.93. The van der Waals surface area contributed by atoms with Crippen LogP contribution in [0.25, 0.3) is 0 Å². The zero-order valence-electron chi connectivity index (χ0n) is 8.95. The standard InChI is InChI=1S/C10H17N3O/c1-4-9(5-2)12-10(14)8-6-11-13(3)7-8/h6-7,9H,4-5H2,1-3H3,(H,12,14). The van der Waals surface area contributed by atoms with Crippen molar-refractivity contribution in [3.8, 4) is 0 Å². The molecule has 0 aliphatic rings. The molecule has 1 N–H and O–H groups in total. The van der Waals surface area contributed by atoms with Crippen molar-refractivity contribution >= 4 is 5.91 Å². The lowest BCUT2D eigenvalue weighted by Crippen LogP contribution is -2.33. The molecule has 78 valence electrons. The molecule has 0 saturated carbocycles. The largest absolute Gasteiger partial charge is 0.349 e. The summed E-state index contributed by atoms with van der Waals surface area (Å²) < 4.78 is 1.63. The Hall–Kier alpha value is -1.32. The number of carbonyl (C=O) groups excluding carboxylic acids is 1. The Balaban J connectivity index is 2.58. The minimum absolute atomic E-state index is 0.0354. The Morgan fingerprint density at radius 1 is 1.57 bits per heavy atom. The molecule has 1 aromatic heterocycles. The van der Waals surface area contributed by atoms with E-state index in [0.29, 0.717) is 5.56 Å². The molecule has 0 radical (unpaired) electrons. The predicted molar refractivity (Wildman–Crippen MR) is 55.0 cm³/mol. The summed E-state index contributed by atoms with van der Waals surface area (Å²) in [6.07, 6.45) is 5.22. The van der Waals surface area contributed by atoms with Gasteiger partial charge in [-0.2, -0.15) is 5.10 Å². The lowest BCUT2D eigenvalue weighted by molar-refractivity contribution is 0.0935. The van der Waals surface area contributed by atoms with Crippen LogP contribution in [0.15, 0.2) is 12.4 Å². The number of nitrogens with one attached hydrogen (secondary N) is 1. The molecule has 14 heavy (non-hydrogen) atoms. The van der Waals surface area contributed by atoms with Gasteiger partial charge in [0.2, 0.25) is 0 Å². The Labute approximate surface area is 84.3 Å². The maximum atomic E-state index is 11.6. The smallest absolute Gasteiger partial charge is 0.254 e. The molecule has 1 heterocycles. The molecule has 0 fully saturated rings. The fourth-order valence-electron chi connectivity index (χ4n) is 1.30. The number of carbonyl (C=O) groups is 1. The number of rotatable bonds is 4. The molecule has 0 bridgehead atoms. The molecule has 4 heteroatoms. The van der Waals surface area contributed by atoms with Crippen molar-refractivity contribution in [2.75, 3.05) is 0 Å². The Bertz CT molecular complexity index is 302. The van der Waals surface area contributed by atoms with E-state index in [1.807, 2.05) is 0 Å². The average Bonchev–Trinajstić information content (AvgIpc) is 2.61. The summed E-state index contributed by atoms with van der Waals surface area (Å²) in [5, 5.41) is 6.91.